The first-order valence-corrected chi connectivity index (χ1v) is 11.5. The van der Waals surface area contributed by atoms with Crippen molar-refractivity contribution in [2.75, 3.05) is 32.7 Å². The molecule has 1 heterocycles. The van der Waals surface area contributed by atoms with E-state index in [-0.39, 0.29) is 10.8 Å². The summed E-state index contributed by atoms with van der Waals surface area (Å²) in [6.45, 7) is 7.00. The molecule has 2 aliphatic rings. The fraction of sp³-hybridized carbons (Fsp3) is 0.650. The molecule has 6 nitrogen and oxygen atoms in total. The third kappa shape index (κ3) is 4.89. The predicted molar refractivity (Wildman–Crippen MR) is 106 cm³/mol. The SMILES string of the molecule is CCN(CC)S(=O)(=O)c1cccc(C(=O)N2CCC(NCC3CC3)CC2)c1. The number of hydrogen-bond donors (Lipinski definition) is 1. The minimum absolute atomic E-state index is 0.0766. The number of nitrogens with zero attached hydrogens (tertiary/aromatic N) is 2. The minimum Gasteiger partial charge on any atom is -0.339 e. The first-order chi connectivity index (χ1) is 13.0. The summed E-state index contributed by atoms with van der Waals surface area (Å²) >= 11 is 0. The highest BCUT2D eigenvalue weighted by atomic mass is 32.2. The molecule has 1 aromatic rings. The summed E-state index contributed by atoms with van der Waals surface area (Å²) in [6, 6.07) is 6.95. The molecule has 0 radical (unpaired) electrons. The lowest BCUT2D eigenvalue weighted by Gasteiger charge is -2.32. The second kappa shape index (κ2) is 8.71. The first kappa shape index (κ1) is 20.3. The van der Waals surface area contributed by atoms with Crippen molar-refractivity contribution in [1.82, 2.24) is 14.5 Å². The molecule has 7 heteroatoms. The molecule has 1 amide bonds. The average Bonchev–Trinajstić information content (AvgIpc) is 3.51. The molecule has 1 aliphatic carbocycles. The van der Waals surface area contributed by atoms with Crippen LogP contribution >= 0.6 is 0 Å². The van der Waals surface area contributed by atoms with E-state index in [1.54, 1.807) is 18.2 Å². The predicted octanol–water partition coefficient (Wildman–Crippen LogP) is 2.32. The maximum absolute atomic E-state index is 12.9. The Bertz CT molecular complexity index is 749. The van der Waals surface area contributed by atoms with Crippen molar-refractivity contribution < 1.29 is 13.2 Å². The smallest absolute Gasteiger partial charge is 0.253 e. The van der Waals surface area contributed by atoms with Gasteiger partial charge in [-0.25, -0.2) is 8.42 Å². The van der Waals surface area contributed by atoms with Gasteiger partial charge in [0.2, 0.25) is 10.0 Å². The third-order valence-electron chi connectivity index (χ3n) is 5.60. The number of carbonyl (C=O) groups is 1. The van der Waals surface area contributed by atoms with Crippen LogP contribution in [0.5, 0.6) is 0 Å². The molecular formula is C20H31N3O3S. The number of amides is 1. The van der Waals surface area contributed by atoms with E-state index in [4.69, 9.17) is 0 Å². The van der Waals surface area contributed by atoms with Gasteiger partial charge in [0.15, 0.2) is 0 Å². The zero-order valence-electron chi connectivity index (χ0n) is 16.4. The van der Waals surface area contributed by atoms with E-state index >= 15 is 0 Å². The Hall–Kier alpha value is -1.44. The summed E-state index contributed by atoms with van der Waals surface area (Å²) in [6.07, 6.45) is 4.60. The van der Waals surface area contributed by atoms with Gasteiger partial charge >= 0.3 is 0 Å². The van der Waals surface area contributed by atoms with Gasteiger partial charge in [-0.3, -0.25) is 4.79 Å². The molecule has 1 N–H and O–H groups in total. The largest absolute Gasteiger partial charge is 0.339 e. The monoisotopic (exact) mass is 393 g/mol. The maximum Gasteiger partial charge on any atom is 0.253 e. The molecule has 0 atom stereocenters. The summed E-state index contributed by atoms with van der Waals surface area (Å²) in [4.78, 5) is 14.9. The topological polar surface area (TPSA) is 69.7 Å². The molecule has 150 valence electrons. The van der Waals surface area contributed by atoms with Crippen molar-refractivity contribution in [2.24, 2.45) is 5.92 Å². The molecule has 27 heavy (non-hydrogen) atoms. The van der Waals surface area contributed by atoms with Crippen LogP contribution in [0.4, 0.5) is 0 Å². The number of carbonyl (C=O) groups excluding carboxylic acids is 1. The minimum atomic E-state index is -3.55. The Kier molecular flexibility index (Phi) is 6.55. The van der Waals surface area contributed by atoms with Crippen molar-refractivity contribution in [3.05, 3.63) is 29.8 Å². The lowest BCUT2D eigenvalue weighted by Crippen LogP contribution is -2.45. The van der Waals surface area contributed by atoms with Crippen LogP contribution in [0.3, 0.4) is 0 Å². The van der Waals surface area contributed by atoms with E-state index in [1.165, 1.54) is 23.2 Å². The molecule has 0 spiro atoms. The van der Waals surface area contributed by atoms with Crippen LogP contribution in [0, 0.1) is 5.92 Å². The Labute approximate surface area is 163 Å². The highest BCUT2D eigenvalue weighted by Crippen LogP contribution is 2.28. The standard InChI is InChI=1S/C20H31N3O3S/c1-3-23(4-2)27(25,26)19-7-5-6-17(14-19)20(24)22-12-10-18(11-13-22)21-15-16-8-9-16/h5-7,14,16,18,21H,3-4,8-13,15H2,1-2H3. The quantitative estimate of drug-likeness (QED) is 0.736. The average molecular weight is 394 g/mol. The van der Waals surface area contributed by atoms with Crippen LogP contribution < -0.4 is 5.32 Å². The van der Waals surface area contributed by atoms with Crippen molar-refractivity contribution in [2.45, 2.75) is 50.5 Å². The van der Waals surface area contributed by atoms with Gasteiger partial charge in [-0.05, 0) is 56.3 Å². The number of benzene rings is 1. The van der Waals surface area contributed by atoms with Gasteiger partial charge < -0.3 is 10.2 Å². The summed E-state index contributed by atoms with van der Waals surface area (Å²) < 4.78 is 26.8. The number of rotatable bonds is 8. The summed E-state index contributed by atoms with van der Waals surface area (Å²) in [7, 11) is -3.55. The van der Waals surface area contributed by atoms with Crippen LogP contribution in [0.15, 0.2) is 29.2 Å². The van der Waals surface area contributed by atoms with Crippen molar-refractivity contribution in [1.29, 1.82) is 0 Å². The second-order valence-electron chi connectivity index (χ2n) is 7.54. The number of hydrogen-bond acceptors (Lipinski definition) is 4. The summed E-state index contributed by atoms with van der Waals surface area (Å²) in [5.41, 5.74) is 0.452. The second-order valence-corrected chi connectivity index (χ2v) is 9.47. The zero-order chi connectivity index (χ0) is 19.4. The van der Waals surface area contributed by atoms with Crippen molar-refractivity contribution >= 4 is 15.9 Å². The van der Waals surface area contributed by atoms with Gasteiger partial charge in [0.05, 0.1) is 4.90 Å². The van der Waals surface area contributed by atoms with Gasteiger partial charge in [-0.2, -0.15) is 4.31 Å². The van der Waals surface area contributed by atoms with Crippen LogP contribution in [0.1, 0.15) is 49.9 Å². The van der Waals surface area contributed by atoms with Crippen LogP contribution in [0.2, 0.25) is 0 Å². The fourth-order valence-corrected chi connectivity index (χ4v) is 5.13. The normalized spacial score (nSPS) is 18.9. The molecule has 2 fully saturated rings. The molecule has 0 aromatic heterocycles. The Balaban J connectivity index is 1.63. The van der Waals surface area contributed by atoms with Crippen LogP contribution in [-0.2, 0) is 10.0 Å². The highest BCUT2D eigenvalue weighted by Gasteiger charge is 2.27. The highest BCUT2D eigenvalue weighted by molar-refractivity contribution is 7.89. The van der Waals surface area contributed by atoms with E-state index in [9.17, 15) is 13.2 Å². The molecule has 0 bridgehead atoms. The van der Waals surface area contributed by atoms with E-state index in [1.807, 2.05) is 18.7 Å². The van der Waals surface area contributed by atoms with Gasteiger partial charge in [-0.1, -0.05) is 19.9 Å². The van der Waals surface area contributed by atoms with E-state index < -0.39 is 10.0 Å². The van der Waals surface area contributed by atoms with Crippen LogP contribution in [-0.4, -0.2) is 62.3 Å². The maximum atomic E-state index is 12.9. The van der Waals surface area contributed by atoms with Crippen molar-refractivity contribution in [3.63, 3.8) is 0 Å². The van der Waals surface area contributed by atoms with Gasteiger partial charge in [0, 0.05) is 37.8 Å². The Morgan fingerprint density at radius 1 is 1.15 bits per heavy atom. The molecular weight excluding hydrogens is 362 g/mol. The molecule has 1 aromatic carbocycles. The number of sulfonamides is 1. The molecule has 1 aliphatic heterocycles. The van der Waals surface area contributed by atoms with Gasteiger partial charge in [0.1, 0.15) is 0 Å². The molecule has 1 saturated heterocycles. The zero-order valence-corrected chi connectivity index (χ0v) is 17.2. The number of nitrogens with one attached hydrogen (secondary N) is 1. The molecule has 1 saturated carbocycles. The fourth-order valence-electron chi connectivity index (χ4n) is 3.63. The van der Waals surface area contributed by atoms with Gasteiger partial charge in [-0.15, -0.1) is 0 Å². The molecule has 3 rings (SSSR count). The Morgan fingerprint density at radius 3 is 2.41 bits per heavy atom. The van der Waals surface area contributed by atoms with E-state index in [2.05, 4.69) is 5.32 Å². The summed E-state index contributed by atoms with van der Waals surface area (Å²) in [5, 5.41) is 3.61. The van der Waals surface area contributed by atoms with E-state index in [0.29, 0.717) is 37.8 Å². The van der Waals surface area contributed by atoms with Crippen LogP contribution in [0.25, 0.3) is 0 Å². The number of likely N-dealkylation sites (tertiary alicyclic amines) is 1. The van der Waals surface area contributed by atoms with E-state index in [0.717, 1.165) is 25.3 Å². The molecule has 0 unspecified atom stereocenters. The lowest BCUT2D eigenvalue weighted by atomic mass is 10.0. The lowest BCUT2D eigenvalue weighted by molar-refractivity contribution is 0.0704. The van der Waals surface area contributed by atoms with Crippen molar-refractivity contribution in [3.8, 4) is 0 Å². The third-order valence-corrected chi connectivity index (χ3v) is 7.64. The van der Waals surface area contributed by atoms with Gasteiger partial charge in [0.25, 0.3) is 5.91 Å². The summed E-state index contributed by atoms with van der Waals surface area (Å²) in [5.74, 6) is 0.785. The number of piperidine rings is 1. The first-order valence-electron chi connectivity index (χ1n) is 10.1. The Morgan fingerprint density at radius 2 is 1.81 bits per heavy atom.